The summed E-state index contributed by atoms with van der Waals surface area (Å²) in [5, 5.41) is 5.15. The number of carbonyl (C=O) groups is 1. The highest BCUT2D eigenvalue weighted by atomic mass is 32.1. The number of allylic oxidation sites excluding steroid dienone is 2. The van der Waals surface area contributed by atoms with E-state index in [1.165, 1.54) is 4.88 Å². The van der Waals surface area contributed by atoms with Gasteiger partial charge in [-0.2, -0.15) is 0 Å². The standard InChI is InChI=1S/C15H22N2OS/c1-17(2)13(14-8-5-9-19-14)11-16-15(18)10-12-6-3-4-7-12/h3,5-6,8-9,12-13H,4,7,10-11H2,1-2H3,(H,16,18)/t12-,13+/m1/s1. The molecule has 0 unspecified atom stereocenters. The molecule has 19 heavy (non-hydrogen) atoms. The first-order chi connectivity index (χ1) is 9.16. The summed E-state index contributed by atoms with van der Waals surface area (Å²) >= 11 is 1.74. The van der Waals surface area contributed by atoms with Crippen molar-refractivity contribution in [2.45, 2.75) is 25.3 Å². The third kappa shape index (κ3) is 4.18. The summed E-state index contributed by atoms with van der Waals surface area (Å²) < 4.78 is 0. The average Bonchev–Trinajstić information content (AvgIpc) is 3.01. The normalized spacial score (nSPS) is 19.8. The van der Waals surface area contributed by atoms with Gasteiger partial charge in [0.2, 0.25) is 5.91 Å². The van der Waals surface area contributed by atoms with Gasteiger partial charge < -0.3 is 10.2 Å². The van der Waals surface area contributed by atoms with Gasteiger partial charge in [0.05, 0.1) is 6.04 Å². The van der Waals surface area contributed by atoms with Crippen molar-refractivity contribution in [1.29, 1.82) is 0 Å². The molecule has 0 spiro atoms. The van der Waals surface area contributed by atoms with Crippen LogP contribution in [0.5, 0.6) is 0 Å². The lowest BCUT2D eigenvalue weighted by Gasteiger charge is -2.23. The van der Waals surface area contributed by atoms with E-state index in [0.29, 0.717) is 18.9 Å². The molecule has 0 bridgehead atoms. The van der Waals surface area contributed by atoms with Crippen molar-refractivity contribution in [2.24, 2.45) is 5.92 Å². The van der Waals surface area contributed by atoms with Crippen LogP contribution >= 0.6 is 11.3 Å². The van der Waals surface area contributed by atoms with Crippen molar-refractivity contribution >= 4 is 17.2 Å². The van der Waals surface area contributed by atoms with E-state index >= 15 is 0 Å². The molecule has 3 nitrogen and oxygen atoms in total. The number of likely N-dealkylation sites (N-methyl/N-ethyl adjacent to an activating group) is 1. The predicted molar refractivity (Wildman–Crippen MR) is 80.2 cm³/mol. The topological polar surface area (TPSA) is 32.3 Å². The van der Waals surface area contributed by atoms with E-state index in [-0.39, 0.29) is 11.9 Å². The quantitative estimate of drug-likeness (QED) is 0.812. The third-order valence-electron chi connectivity index (χ3n) is 3.55. The molecule has 1 aromatic heterocycles. The highest BCUT2D eigenvalue weighted by Crippen LogP contribution is 2.23. The molecule has 1 aliphatic rings. The number of nitrogens with zero attached hydrogens (tertiary/aromatic N) is 1. The van der Waals surface area contributed by atoms with Crippen LogP contribution in [0, 0.1) is 5.92 Å². The predicted octanol–water partition coefficient (Wildman–Crippen LogP) is 2.82. The fraction of sp³-hybridized carbons (Fsp3) is 0.533. The Morgan fingerprint density at radius 3 is 3.00 bits per heavy atom. The minimum Gasteiger partial charge on any atom is -0.354 e. The third-order valence-corrected chi connectivity index (χ3v) is 4.52. The van der Waals surface area contributed by atoms with Gasteiger partial charge in [-0.25, -0.2) is 0 Å². The number of thiophene rings is 1. The van der Waals surface area contributed by atoms with Gasteiger partial charge in [0.15, 0.2) is 0 Å². The largest absolute Gasteiger partial charge is 0.354 e. The van der Waals surface area contributed by atoms with Crippen molar-refractivity contribution in [3.8, 4) is 0 Å². The van der Waals surface area contributed by atoms with Crippen LogP contribution in [0.15, 0.2) is 29.7 Å². The number of hydrogen-bond donors (Lipinski definition) is 1. The molecule has 0 fully saturated rings. The van der Waals surface area contributed by atoms with E-state index in [2.05, 4.69) is 54.0 Å². The molecule has 2 atom stereocenters. The Balaban J connectivity index is 1.81. The maximum absolute atomic E-state index is 11.9. The summed E-state index contributed by atoms with van der Waals surface area (Å²) in [4.78, 5) is 15.4. The van der Waals surface area contributed by atoms with Crippen molar-refractivity contribution in [1.82, 2.24) is 10.2 Å². The van der Waals surface area contributed by atoms with Crippen molar-refractivity contribution in [3.05, 3.63) is 34.5 Å². The molecule has 1 N–H and O–H groups in total. The Hall–Kier alpha value is -1.13. The fourth-order valence-corrected chi connectivity index (χ4v) is 3.33. The van der Waals surface area contributed by atoms with Gasteiger partial charge in [0.25, 0.3) is 0 Å². The maximum Gasteiger partial charge on any atom is 0.220 e. The van der Waals surface area contributed by atoms with Crippen LogP contribution in [0.2, 0.25) is 0 Å². The molecule has 2 rings (SSSR count). The molecule has 1 amide bonds. The second-order valence-electron chi connectivity index (χ2n) is 5.27. The Labute approximate surface area is 119 Å². The van der Waals surface area contributed by atoms with Crippen molar-refractivity contribution < 1.29 is 4.79 Å². The van der Waals surface area contributed by atoms with Crippen LogP contribution in [0.25, 0.3) is 0 Å². The second kappa shape index (κ2) is 6.87. The lowest BCUT2D eigenvalue weighted by molar-refractivity contribution is -0.121. The van der Waals surface area contributed by atoms with Crippen LogP contribution in [-0.4, -0.2) is 31.4 Å². The van der Waals surface area contributed by atoms with Crippen LogP contribution < -0.4 is 5.32 Å². The molecular formula is C15H22N2OS. The van der Waals surface area contributed by atoms with Crippen LogP contribution in [0.4, 0.5) is 0 Å². The first-order valence-electron chi connectivity index (χ1n) is 6.80. The Morgan fingerprint density at radius 1 is 1.58 bits per heavy atom. The van der Waals surface area contributed by atoms with E-state index < -0.39 is 0 Å². The van der Waals surface area contributed by atoms with Crippen LogP contribution in [0.1, 0.15) is 30.2 Å². The molecule has 0 aromatic carbocycles. The molecule has 1 aromatic rings. The molecular weight excluding hydrogens is 256 g/mol. The maximum atomic E-state index is 11.9. The van der Waals surface area contributed by atoms with E-state index in [4.69, 9.17) is 0 Å². The monoisotopic (exact) mass is 278 g/mol. The van der Waals surface area contributed by atoms with Crippen LogP contribution in [-0.2, 0) is 4.79 Å². The number of carbonyl (C=O) groups excluding carboxylic acids is 1. The van der Waals surface area contributed by atoms with Gasteiger partial charge in [0.1, 0.15) is 0 Å². The first kappa shape index (κ1) is 14.3. The summed E-state index contributed by atoms with van der Waals surface area (Å²) in [5.74, 6) is 0.611. The highest BCUT2D eigenvalue weighted by Gasteiger charge is 2.18. The highest BCUT2D eigenvalue weighted by molar-refractivity contribution is 7.10. The smallest absolute Gasteiger partial charge is 0.220 e. The average molecular weight is 278 g/mol. The Morgan fingerprint density at radius 2 is 2.42 bits per heavy atom. The lowest BCUT2D eigenvalue weighted by atomic mass is 10.0. The molecule has 104 valence electrons. The van der Waals surface area contributed by atoms with Crippen LogP contribution in [0.3, 0.4) is 0 Å². The van der Waals surface area contributed by atoms with E-state index in [1.807, 2.05) is 0 Å². The fourth-order valence-electron chi connectivity index (χ4n) is 2.40. The zero-order chi connectivity index (χ0) is 13.7. The van der Waals surface area contributed by atoms with Gasteiger partial charge >= 0.3 is 0 Å². The van der Waals surface area contributed by atoms with Gasteiger partial charge in [-0.05, 0) is 44.3 Å². The molecule has 4 heteroatoms. The molecule has 1 heterocycles. The number of rotatable bonds is 6. The zero-order valence-electron chi connectivity index (χ0n) is 11.6. The van der Waals surface area contributed by atoms with Gasteiger partial charge in [-0.1, -0.05) is 18.2 Å². The zero-order valence-corrected chi connectivity index (χ0v) is 12.5. The SMILES string of the molecule is CN(C)[C@@H](CNC(=O)C[C@@H]1C=CCC1)c1cccs1. The lowest BCUT2D eigenvalue weighted by Crippen LogP contribution is -2.34. The summed E-state index contributed by atoms with van der Waals surface area (Å²) in [6.45, 7) is 0.683. The summed E-state index contributed by atoms with van der Waals surface area (Å²) in [7, 11) is 4.10. The van der Waals surface area contributed by atoms with E-state index in [0.717, 1.165) is 12.8 Å². The number of amides is 1. The Kier molecular flexibility index (Phi) is 5.16. The summed E-state index contributed by atoms with van der Waals surface area (Å²) in [5.41, 5.74) is 0. The van der Waals surface area contributed by atoms with Gasteiger partial charge in [-0.15, -0.1) is 11.3 Å². The minimum absolute atomic E-state index is 0.167. The number of nitrogens with one attached hydrogen (secondary N) is 1. The van der Waals surface area contributed by atoms with Gasteiger partial charge in [0, 0.05) is 17.8 Å². The molecule has 1 aliphatic carbocycles. The van der Waals surface area contributed by atoms with Crippen molar-refractivity contribution in [3.63, 3.8) is 0 Å². The Bertz CT molecular complexity index is 425. The van der Waals surface area contributed by atoms with E-state index in [9.17, 15) is 4.79 Å². The molecule has 0 aliphatic heterocycles. The number of hydrogen-bond acceptors (Lipinski definition) is 3. The summed E-state index contributed by atoms with van der Waals surface area (Å²) in [6.07, 6.45) is 7.21. The minimum atomic E-state index is 0.167. The first-order valence-corrected chi connectivity index (χ1v) is 7.68. The molecule has 0 saturated heterocycles. The summed E-state index contributed by atoms with van der Waals surface area (Å²) in [6, 6.07) is 4.45. The molecule has 0 radical (unpaired) electrons. The van der Waals surface area contributed by atoms with Crippen molar-refractivity contribution in [2.75, 3.05) is 20.6 Å². The van der Waals surface area contributed by atoms with Gasteiger partial charge in [-0.3, -0.25) is 4.79 Å². The second-order valence-corrected chi connectivity index (χ2v) is 6.25. The molecule has 0 saturated carbocycles. The van der Waals surface area contributed by atoms with E-state index in [1.54, 1.807) is 11.3 Å².